The number of fused-ring (bicyclic) bond motifs is 6. The van der Waals surface area contributed by atoms with Crippen molar-refractivity contribution < 1.29 is 18.9 Å². The van der Waals surface area contributed by atoms with Crippen LogP contribution in [-0.2, 0) is 9.47 Å². The normalized spacial score (nSPS) is 20.2. The molecule has 1 aliphatic carbocycles. The third-order valence-corrected chi connectivity index (χ3v) is 5.20. The number of methoxy groups -OCH3 is 2. The summed E-state index contributed by atoms with van der Waals surface area (Å²) in [7, 11) is 5.44. The minimum Gasteiger partial charge on any atom is -0.498 e. The van der Waals surface area contributed by atoms with Crippen LogP contribution in [0, 0.1) is 0 Å². The first-order valence-corrected chi connectivity index (χ1v) is 8.51. The van der Waals surface area contributed by atoms with Crippen LogP contribution in [0.4, 0.5) is 5.69 Å². The van der Waals surface area contributed by atoms with E-state index in [2.05, 4.69) is 42.4 Å². The van der Waals surface area contributed by atoms with E-state index in [4.69, 9.17) is 18.9 Å². The fourth-order valence-corrected chi connectivity index (χ4v) is 4.01. The topological polar surface area (TPSA) is 40.2 Å². The molecule has 0 saturated carbocycles. The molecule has 0 aromatic heterocycles. The van der Waals surface area contributed by atoms with E-state index in [1.54, 1.807) is 14.2 Å². The molecule has 0 N–H and O–H groups in total. The van der Waals surface area contributed by atoms with Crippen LogP contribution in [0.25, 0.3) is 16.3 Å². The fraction of sp³-hybridized carbons (Fsp3) is 0.238. The Morgan fingerprint density at radius 1 is 1.08 bits per heavy atom. The quantitative estimate of drug-likeness (QED) is 0.824. The van der Waals surface area contributed by atoms with E-state index in [1.165, 1.54) is 5.56 Å². The van der Waals surface area contributed by atoms with Crippen molar-refractivity contribution in [2.75, 3.05) is 33.0 Å². The van der Waals surface area contributed by atoms with Crippen molar-refractivity contribution >= 4 is 22.0 Å². The molecular formula is C21H19NO4. The molecule has 2 heterocycles. The van der Waals surface area contributed by atoms with Crippen LogP contribution >= 0.6 is 0 Å². The molecule has 0 radical (unpaired) electrons. The Bertz CT molecular complexity index is 1020. The maximum atomic E-state index is 5.71. The molecule has 1 unspecified atom stereocenters. The zero-order chi connectivity index (χ0) is 17.8. The molecule has 0 spiro atoms. The van der Waals surface area contributed by atoms with Gasteiger partial charge in [-0.1, -0.05) is 18.2 Å². The lowest BCUT2D eigenvalue weighted by Crippen LogP contribution is -2.27. The first kappa shape index (κ1) is 15.3. The Morgan fingerprint density at radius 3 is 2.65 bits per heavy atom. The predicted octanol–water partition coefficient (Wildman–Crippen LogP) is 3.84. The number of hydrogen-bond donors (Lipinski definition) is 0. The summed E-state index contributed by atoms with van der Waals surface area (Å²) in [6.45, 7) is 0.277. The Balaban J connectivity index is 1.75. The number of benzene rings is 2. The van der Waals surface area contributed by atoms with E-state index >= 15 is 0 Å². The van der Waals surface area contributed by atoms with Crippen molar-refractivity contribution in [3.63, 3.8) is 0 Å². The second-order valence-corrected chi connectivity index (χ2v) is 6.55. The second-order valence-electron chi connectivity index (χ2n) is 6.55. The van der Waals surface area contributed by atoms with E-state index in [9.17, 15) is 0 Å². The van der Waals surface area contributed by atoms with Crippen LogP contribution in [0.3, 0.4) is 0 Å². The first-order chi connectivity index (χ1) is 12.7. The van der Waals surface area contributed by atoms with Gasteiger partial charge in [0.2, 0.25) is 6.79 Å². The Hall–Kier alpha value is -2.92. The van der Waals surface area contributed by atoms with Crippen LogP contribution in [0.1, 0.15) is 5.56 Å². The maximum Gasteiger partial charge on any atom is 0.231 e. The van der Waals surface area contributed by atoms with Gasteiger partial charge in [-0.3, -0.25) is 0 Å². The van der Waals surface area contributed by atoms with Gasteiger partial charge in [-0.05, 0) is 29.2 Å². The van der Waals surface area contributed by atoms with Gasteiger partial charge in [0.1, 0.15) is 11.9 Å². The van der Waals surface area contributed by atoms with Gasteiger partial charge in [-0.2, -0.15) is 0 Å². The van der Waals surface area contributed by atoms with Crippen LogP contribution in [0.2, 0.25) is 0 Å². The molecular weight excluding hydrogens is 330 g/mol. The molecule has 2 aromatic carbocycles. The van der Waals surface area contributed by atoms with E-state index < -0.39 is 0 Å². The lowest BCUT2D eigenvalue weighted by atomic mass is 9.85. The number of allylic oxidation sites excluding steroid dienone is 2. The highest BCUT2D eigenvalue weighted by Crippen LogP contribution is 2.47. The molecule has 5 heteroatoms. The third-order valence-electron chi connectivity index (χ3n) is 5.20. The number of nitrogens with zero attached hydrogens (tertiary/aromatic N) is 1. The average molecular weight is 349 g/mol. The summed E-state index contributed by atoms with van der Waals surface area (Å²) >= 11 is 0. The lowest BCUT2D eigenvalue weighted by Gasteiger charge is -2.34. The summed E-state index contributed by atoms with van der Waals surface area (Å²) in [5.41, 5.74) is 4.58. The molecule has 132 valence electrons. The van der Waals surface area contributed by atoms with Crippen molar-refractivity contribution in [1.82, 2.24) is 0 Å². The Kier molecular flexibility index (Phi) is 3.27. The standard InChI is InChI=1S/C21H19NO4/c1-22-10-16-13(6-7-17(23-2)21(16)24-3)14-5-4-12-8-18-19(26-11-25-18)9-15(12)20(14)22/h4-10,21H,11H2,1-3H3. The summed E-state index contributed by atoms with van der Waals surface area (Å²) < 4.78 is 22.3. The van der Waals surface area contributed by atoms with Crippen molar-refractivity contribution in [3.8, 4) is 11.5 Å². The average Bonchev–Trinajstić information content (AvgIpc) is 3.12. The zero-order valence-corrected chi connectivity index (χ0v) is 14.9. The van der Waals surface area contributed by atoms with Gasteiger partial charge in [0.25, 0.3) is 0 Å². The molecule has 0 fully saturated rings. The summed E-state index contributed by atoms with van der Waals surface area (Å²) in [5.74, 6) is 2.41. The summed E-state index contributed by atoms with van der Waals surface area (Å²) in [4.78, 5) is 2.15. The van der Waals surface area contributed by atoms with E-state index in [1.807, 2.05) is 12.1 Å². The van der Waals surface area contributed by atoms with Gasteiger partial charge in [0, 0.05) is 36.9 Å². The van der Waals surface area contributed by atoms with E-state index in [-0.39, 0.29) is 12.9 Å². The molecule has 2 aromatic rings. The highest BCUT2D eigenvalue weighted by atomic mass is 16.7. The van der Waals surface area contributed by atoms with Gasteiger partial charge in [-0.25, -0.2) is 0 Å². The Labute approximate surface area is 151 Å². The third kappa shape index (κ3) is 2.01. The minimum absolute atomic E-state index is 0.206. The van der Waals surface area contributed by atoms with Crippen LogP contribution < -0.4 is 14.4 Å². The van der Waals surface area contributed by atoms with Crippen molar-refractivity contribution in [3.05, 3.63) is 59.5 Å². The molecule has 26 heavy (non-hydrogen) atoms. The summed E-state index contributed by atoms with van der Waals surface area (Å²) in [6, 6.07) is 8.40. The number of rotatable bonds is 2. The van der Waals surface area contributed by atoms with Crippen molar-refractivity contribution in [1.29, 1.82) is 0 Å². The monoisotopic (exact) mass is 349 g/mol. The minimum atomic E-state index is -0.206. The largest absolute Gasteiger partial charge is 0.498 e. The van der Waals surface area contributed by atoms with Gasteiger partial charge in [-0.15, -0.1) is 0 Å². The summed E-state index contributed by atoms with van der Waals surface area (Å²) in [5, 5.41) is 2.27. The smallest absolute Gasteiger partial charge is 0.231 e. The molecule has 0 saturated heterocycles. The number of ether oxygens (including phenoxy) is 4. The van der Waals surface area contributed by atoms with Gasteiger partial charge < -0.3 is 23.8 Å². The molecule has 0 bridgehead atoms. The molecule has 0 amide bonds. The molecule has 5 nitrogen and oxygen atoms in total. The first-order valence-electron chi connectivity index (χ1n) is 8.51. The second kappa shape index (κ2) is 5.54. The van der Waals surface area contributed by atoms with Gasteiger partial charge in [0.05, 0.1) is 12.8 Å². The summed E-state index contributed by atoms with van der Waals surface area (Å²) in [6.07, 6.45) is 6.01. The zero-order valence-electron chi connectivity index (χ0n) is 14.9. The van der Waals surface area contributed by atoms with Gasteiger partial charge in [0.15, 0.2) is 11.5 Å². The van der Waals surface area contributed by atoms with Gasteiger partial charge >= 0.3 is 0 Å². The van der Waals surface area contributed by atoms with Crippen LogP contribution in [0.15, 0.2) is 53.9 Å². The highest BCUT2D eigenvalue weighted by molar-refractivity contribution is 6.06. The van der Waals surface area contributed by atoms with Crippen molar-refractivity contribution in [2.45, 2.75) is 6.10 Å². The maximum absolute atomic E-state index is 5.71. The molecule has 5 rings (SSSR count). The molecule has 2 aliphatic heterocycles. The Morgan fingerprint density at radius 2 is 1.88 bits per heavy atom. The molecule has 3 aliphatic rings. The number of hydrogen-bond acceptors (Lipinski definition) is 5. The van der Waals surface area contributed by atoms with Crippen LogP contribution in [0.5, 0.6) is 11.5 Å². The highest BCUT2D eigenvalue weighted by Gasteiger charge is 2.32. The van der Waals surface area contributed by atoms with Crippen molar-refractivity contribution in [2.24, 2.45) is 0 Å². The SMILES string of the molecule is COC1=CC=C2C(=CN(C)c3c2ccc2cc4c(cc32)OCO4)C1OC. The number of anilines is 1. The van der Waals surface area contributed by atoms with E-state index in [0.29, 0.717) is 0 Å². The molecule has 1 atom stereocenters. The fourth-order valence-electron chi connectivity index (χ4n) is 4.01. The lowest BCUT2D eigenvalue weighted by molar-refractivity contribution is 0.104. The predicted molar refractivity (Wildman–Crippen MR) is 100 cm³/mol. The van der Waals surface area contributed by atoms with Crippen LogP contribution in [-0.4, -0.2) is 34.2 Å². The van der Waals surface area contributed by atoms with E-state index in [0.717, 1.165) is 44.9 Å².